The van der Waals surface area contributed by atoms with Crippen LogP contribution in [0.25, 0.3) is 0 Å². The molecule has 0 saturated carbocycles. The number of nitrogen functional groups attached to an aromatic ring is 1. The van der Waals surface area contributed by atoms with Crippen LogP contribution >= 0.6 is 0 Å². The van der Waals surface area contributed by atoms with E-state index in [1.807, 2.05) is 0 Å². The number of hydrogen-bond acceptors (Lipinski definition) is 3. The van der Waals surface area contributed by atoms with Gasteiger partial charge in [-0.25, -0.2) is 0 Å². The fourth-order valence-corrected chi connectivity index (χ4v) is 0.771. The topological polar surface area (TPSA) is 72.9 Å². The van der Waals surface area contributed by atoms with E-state index >= 15 is 0 Å². The van der Waals surface area contributed by atoms with Gasteiger partial charge in [0, 0.05) is 20.2 Å². The van der Waals surface area contributed by atoms with Crippen molar-refractivity contribution in [1.82, 2.24) is 9.78 Å². The van der Waals surface area contributed by atoms with Gasteiger partial charge in [-0.2, -0.15) is 5.10 Å². The summed E-state index contributed by atoms with van der Waals surface area (Å²) in [6.45, 7) is 1.41. The van der Waals surface area contributed by atoms with Crippen LogP contribution in [-0.2, 0) is 11.8 Å². The van der Waals surface area contributed by atoms with Gasteiger partial charge in [0.1, 0.15) is 0 Å². The molecule has 0 fully saturated rings. The van der Waals surface area contributed by atoms with E-state index in [4.69, 9.17) is 5.73 Å². The minimum Gasteiger partial charge on any atom is -0.394 e. The predicted molar refractivity (Wildman–Crippen MR) is 41.9 cm³/mol. The lowest BCUT2D eigenvalue weighted by atomic mass is 10.5. The van der Waals surface area contributed by atoms with Crippen molar-refractivity contribution in [3.63, 3.8) is 0 Å². The molecule has 5 heteroatoms. The van der Waals surface area contributed by atoms with Crippen LogP contribution in [0.5, 0.6) is 0 Å². The Bertz CT molecular complexity index is 278. The average Bonchev–Trinajstić information content (AvgIpc) is 2.09. The number of aromatic nitrogens is 2. The van der Waals surface area contributed by atoms with Gasteiger partial charge in [0.05, 0.1) is 5.69 Å². The number of nitrogens with one attached hydrogen (secondary N) is 1. The van der Waals surface area contributed by atoms with Crippen LogP contribution in [-0.4, -0.2) is 15.7 Å². The molecule has 1 heterocycles. The van der Waals surface area contributed by atoms with E-state index in [1.165, 1.54) is 6.92 Å². The second-order valence-electron chi connectivity index (χ2n) is 2.29. The molecule has 5 nitrogen and oxygen atoms in total. The first-order chi connectivity index (χ1) is 5.09. The van der Waals surface area contributed by atoms with Crippen molar-refractivity contribution >= 4 is 17.4 Å². The Balaban J connectivity index is 2.85. The zero-order chi connectivity index (χ0) is 8.43. The smallest absolute Gasteiger partial charge is 0.222 e. The number of nitrogens with zero attached hydrogens (tertiary/aromatic N) is 2. The molecule has 0 aliphatic heterocycles. The normalized spacial score (nSPS) is 9.64. The molecule has 1 amide bonds. The van der Waals surface area contributed by atoms with Crippen LogP contribution in [0.2, 0.25) is 0 Å². The van der Waals surface area contributed by atoms with Crippen molar-refractivity contribution in [2.45, 2.75) is 6.92 Å². The first kappa shape index (κ1) is 7.59. The van der Waals surface area contributed by atoms with Gasteiger partial charge < -0.3 is 11.1 Å². The fourth-order valence-electron chi connectivity index (χ4n) is 0.771. The van der Waals surface area contributed by atoms with Gasteiger partial charge in [-0.15, -0.1) is 0 Å². The van der Waals surface area contributed by atoms with E-state index < -0.39 is 0 Å². The molecule has 1 rings (SSSR count). The lowest BCUT2D eigenvalue weighted by Gasteiger charge is -1.95. The van der Waals surface area contributed by atoms with E-state index in [0.717, 1.165) is 0 Å². The van der Waals surface area contributed by atoms with Crippen LogP contribution in [0, 0.1) is 0 Å². The molecule has 0 atom stereocenters. The largest absolute Gasteiger partial charge is 0.394 e. The highest BCUT2D eigenvalue weighted by molar-refractivity contribution is 5.90. The van der Waals surface area contributed by atoms with E-state index in [0.29, 0.717) is 11.5 Å². The molecule has 0 radical (unpaired) electrons. The third-order valence-electron chi connectivity index (χ3n) is 1.15. The van der Waals surface area contributed by atoms with Crippen LogP contribution in [0.4, 0.5) is 11.5 Å². The fraction of sp³-hybridized carbons (Fsp3) is 0.333. The maximum atomic E-state index is 10.6. The molecule has 1 aromatic heterocycles. The number of amides is 1. The Morgan fingerprint density at radius 1 is 1.82 bits per heavy atom. The van der Waals surface area contributed by atoms with Crippen molar-refractivity contribution in [2.75, 3.05) is 11.1 Å². The number of hydrogen-bond donors (Lipinski definition) is 2. The highest BCUT2D eigenvalue weighted by Gasteiger charge is 2.03. The lowest BCUT2D eigenvalue weighted by Crippen LogP contribution is -2.08. The molecule has 1 aromatic rings. The van der Waals surface area contributed by atoms with E-state index in [2.05, 4.69) is 10.4 Å². The summed E-state index contributed by atoms with van der Waals surface area (Å²) in [4.78, 5) is 10.6. The second-order valence-corrected chi connectivity index (χ2v) is 2.29. The molecular weight excluding hydrogens is 144 g/mol. The summed E-state index contributed by atoms with van der Waals surface area (Å²) >= 11 is 0. The molecule has 0 bridgehead atoms. The van der Waals surface area contributed by atoms with Crippen molar-refractivity contribution < 1.29 is 4.79 Å². The van der Waals surface area contributed by atoms with Crippen molar-refractivity contribution in [1.29, 1.82) is 0 Å². The predicted octanol–water partition coefficient (Wildman–Crippen LogP) is -0.0393. The van der Waals surface area contributed by atoms with Crippen molar-refractivity contribution in [2.24, 2.45) is 7.05 Å². The minimum atomic E-state index is -0.171. The van der Waals surface area contributed by atoms with E-state index in [-0.39, 0.29) is 5.91 Å². The Morgan fingerprint density at radius 3 is 2.82 bits per heavy atom. The summed E-state index contributed by atoms with van der Waals surface area (Å²) in [5.41, 5.74) is 5.97. The summed E-state index contributed by atoms with van der Waals surface area (Å²) in [6.07, 6.45) is 1.63. The van der Waals surface area contributed by atoms with Gasteiger partial charge >= 0.3 is 0 Å². The second kappa shape index (κ2) is 2.61. The number of rotatable bonds is 1. The maximum Gasteiger partial charge on any atom is 0.222 e. The van der Waals surface area contributed by atoms with Crippen molar-refractivity contribution in [3.8, 4) is 0 Å². The summed E-state index contributed by atoms with van der Waals surface area (Å²) in [6, 6.07) is 0. The zero-order valence-electron chi connectivity index (χ0n) is 6.46. The standard InChI is InChI=1S/C6H10N4O/c1-4(11)8-6-5(7)3-10(2)9-6/h3H,7H2,1-2H3,(H,8,9,11). The first-order valence-electron chi connectivity index (χ1n) is 3.16. The molecule has 0 spiro atoms. The number of anilines is 2. The van der Waals surface area contributed by atoms with E-state index in [1.54, 1.807) is 17.9 Å². The zero-order valence-corrected chi connectivity index (χ0v) is 6.46. The SMILES string of the molecule is CC(=O)Nc1nn(C)cc1N. The maximum absolute atomic E-state index is 10.6. The summed E-state index contributed by atoms with van der Waals surface area (Å²) < 4.78 is 1.54. The third-order valence-corrected chi connectivity index (χ3v) is 1.15. The Morgan fingerprint density at radius 2 is 2.45 bits per heavy atom. The van der Waals surface area contributed by atoms with Crippen molar-refractivity contribution in [3.05, 3.63) is 6.20 Å². The molecule has 0 saturated heterocycles. The highest BCUT2D eigenvalue weighted by atomic mass is 16.1. The summed E-state index contributed by atoms with van der Waals surface area (Å²) in [5, 5.41) is 6.41. The molecule has 0 unspecified atom stereocenters. The molecule has 60 valence electrons. The lowest BCUT2D eigenvalue weighted by molar-refractivity contribution is -0.114. The van der Waals surface area contributed by atoms with Gasteiger partial charge in [0.25, 0.3) is 0 Å². The van der Waals surface area contributed by atoms with Gasteiger partial charge in [-0.1, -0.05) is 0 Å². The van der Waals surface area contributed by atoms with Gasteiger partial charge in [0.15, 0.2) is 5.82 Å². The molecule has 11 heavy (non-hydrogen) atoms. The minimum absolute atomic E-state index is 0.171. The highest BCUT2D eigenvalue weighted by Crippen LogP contribution is 2.13. The van der Waals surface area contributed by atoms with Gasteiger partial charge in [-0.05, 0) is 0 Å². The average molecular weight is 154 g/mol. The molecule has 0 aliphatic carbocycles. The number of nitrogens with two attached hydrogens (primary N) is 1. The molecular formula is C6H10N4O. The number of carbonyl (C=O) groups is 1. The Kier molecular flexibility index (Phi) is 1.80. The quantitative estimate of drug-likeness (QED) is 0.596. The number of carbonyl (C=O) groups excluding carboxylic acids is 1. The van der Waals surface area contributed by atoms with Gasteiger partial charge in [0.2, 0.25) is 5.91 Å². The molecule has 0 aliphatic rings. The third kappa shape index (κ3) is 1.70. The first-order valence-corrected chi connectivity index (χ1v) is 3.16. The summed E-state index contributed by atoms with van der Waals surface area (Å²) in [5.74, 6) is 0.246. The van der Waals surface area contributed by atoms with Crippen LogP contribution < -0.4 is 11.1 Å². The van der Waals surface area contributed by atoms with Gasteiger partial charge in [-0.3, -0.25) is 9.48 Å². The van der Waals surface area contributed by atoms with Crippen LogP contribution in [0.1, 0.15) is 6.92 Å². The van der Waals surface area contributed by atoms with Crippen LogP contribution in [0.3, 0.4) is 0 Å². The monoisotopic (exact) mass is 154 g/mol. The molecule has 0 aromatic carbocycles. The Hall–Kier alpha value is -1.52. The van der Waals surface area contributed by atoms with E-state index in [9.17, 15) is 4.79 Å². The molecule has 3 N–H and O–H groups in total. The Labute approximate surface area is 64.2 Å². The summed E-state index contributed by atoms with van der Waals surface area (Å²) in [7, 11) is 1.74. The van der Waals surface area contributed by atoms with Crippen LogP contribution in [0.15, 0.2) is 6.20 Å². The number of aryl methyl sites for hydroxylation is 1.